The van der Waals surface area contributed by atoms with Gasteiger partial charge in [0.2, 0.25) is 11.1 Å². The Labute approximate surface area is 153 Å². The second-order valence-corrected chi connectivity index (χ2v) is 6.60. The molecule has 0 aliphatic carbocycles. The molecule has 126 valence electrons. The summed E-state index contributed by atoms with van der Waals surface area (Å²) in [6.07, 6.45) is 0.289. The lowest BCUT2D eigenvalue weighted by Gasteiger charge is -2.14. The third-order valence-corrected chi connectivity index (χ3v) is 4.64. The van der Waals surface area contributed by atoms with Crippen LogP contribution in [0.25, 0.3) is 11.4 Å². The molecule has 0 bridgehead atoms. The van der Waals surface area contributed by atoms with Gasteiger partial charge in [-0.1, -0.05) is 35.0 Å². The van der Waals surface area contributed by atoms with Crippen molar-refractivity contribution in [2.24, 2.45) is 0 Å². The molecule has 2 N–H and O–H groups in total. The summed E-state index contributed by atoms with van der Waals surface area (Å²) in [5.74, 6) is 6.37. The monoisotopic (exact) mass is 384 g/mol. The standard InChI is InChI=1S/C14H14Cl2N6OS/c1-21(6-2-5-17)12(23)8-24-14-20-19-13(22(14)18)10-7-9(15)3-4-11(10)16/h3-4,7H,2,6,8,18H2,1H3. The zero-order chi connectivity index (χ0) is 17.7. The van der Waals surface area contributed by atoms with E-state index in [4.69, 9.17) is 34.3 Å². The zero-order valence-electron chi connectivity index (χ0n) is 12.7. The number of thioether (sulfide) groups is 1. The molecule has 0 spiro atoms. The summed E-state index contributed by atoms with van der Waals surface area (Å²) in [6, 6.07) is 6.95. The van der Waals surface area contributed by atoms with Crippen molar-refractivity contribution in [1.29, 1.82) is 5.26 Å². The third-order valence-electron chi connectivity index (χ3n) is 3.14. The van der Waals surface area contributed by atoms with Crippen molar-refractivity contribution in [1.82, 2.24) is 19.8 Å². The van der Waals surface area contributed by atoms with Gasteiger partial charge >= 0.3 is 0 Å². The number of benzene rings is 1. The van der Waals surface area contributed by atoms with Crippen LogP contribution in [0.4, 0.5) is 0 Å². The summed E-state index contributed by atoms with van der Waals surface area (Å²) < 4.78 is 1.27. The number of hydrogen-bond donors (Lipinski definition) is 1. The molecule has 1 aromatic heterocycles. The highest BCUT2D eigenvalue weighted by molar-refractivity contribution is 7.99. The molecule has 0 atom stereocenters. The lowest BCUT2D eigenvalue weighted by Crippen LogP contribution is -2.29. The molecular weight excluding hydrogens is 371 g/mol. The number of aromatic nitrogens is 3. The van der Waals surface area contributed by atoms with Crippen LogP contribution in [-0.2, 0) is 4.79 Å². The Balaban J connectivity index is 2.09. The van der Waals surface area contributed by atoms with Crippen molar-refractivity contribution in [3.05, 3.63) is 28.2 Å². The van der Waals surface area contributed by atoms with Gasteiger partial charge in [0.05, 0.1) is 23.3 Å². The number of nitrogens with two attached hydrogens (primary N) is 1. The predicted molar refractivity (Wildman–Crippen MR) is 94.2 cm³/mol. The van der Waals surface area contributed by atoms with Gasteiger partial charge in [-0.05, 0) is 18.2 Å². The molecular formula is C14H14Cl2N6OS. The molecule has 0 unspecified atom stereocenters. The molecule has 0 fully saturated rings. The highest BCUT2D eigenvalue weighted by Gasteiger charge is 2.17. The SMILES string of the molecule is CN(CCC#N)C(=O)CSc1nnc(-c2cc(Cl)ccc2Cl)n1N. The second-order valence-electron chi connectivity index (χ2n) is 4.81. The van der Waals surface area contributed by atoms with Gasteiger partial charge in [0.1, 0.15) is 0 Å². The number of halogens is 2. The number of carbonyl (C=O) groups is 1. The topological polar surface area (TPSA) is 101 Å². The van der Waals surface area contributed by atoms with Gasteiger partial charge in [0, 0.05) is 24.2 Å². The van der Waals surface area contributed by atoms with Crippen molar-refractivity contribution in [2.45, 2.75) is 11.6 Å². The van der Waals surface area contributed by atoms with Gasteiger partial charge in [-0.15, -0.1) is 10.2 Å². The molecule has 1 aromatic carbocycles. The molecule has 0 aliphatic heterocycles. The quantitative estimate of drug-likeness (QED) is 0.606. The first-order valence-corrected chi connectivity index (χ1v) is 8.57. The van der Waals surface area contributed by atoms with Gasteiger partial charge in [-0.25, -0.2) is 4.68 Å². The molecule has 0 aliphatic rings. The predicted octanol–water partition coefficient (Wildman–Crippen LogP) is 2.43. The van der Waals surface area contributed by atoms with E-state index in [1.54, 1.807) is 25.2 Å². The molecule has 2 rings (SSSR count). The highest BCUT2D eigenvalue weighted by atomic mass is 35.5. The molecule has 7 nitrogen and oxygen atoms in total. The van der Waals surface area contributed by atoms with Crippen LogP contribution in [0.2, 0.25) is 10.0 Å². The second kappa shape index (κ2) is 8.24. The maximum atomic E-state index is 12.0. The maximum Gasteiger partial charge on any atom is 0.232 e. The van der Waals surface area contributed by atoms with Crippen LogP contribution < -0.4 is 5.84 Å². The van der Waals surface area contributed by atoms with E-state index in [0.717, 1.165) is 11.8 Å². The van der Waals surface area contributed by atoms with Crippen LogP contribution >= 0.6 is 35.0 Å². The molecule has 1 amide bonds. The van der Waals surface area contributed by atoms with E-state index in [9.17, 15) is 4.79 Å². The lowest BCUT2D eigenvalue weighted by molar-refractivity contribution is -0.127. The summed E-state index contributed by atoms with van der Waals surface area (Å²) in [6.45, 7) is 0.384. The van der Waals surface area contributed by atoms with E-state index in [1.807, 2.05) is 6.07 Å². The van der Waals surface area contributed by atoms with Crippen LogP contribution in [0.15, 0.2) is 23.4 Å². The minimum Gasteiger partial charge on any atom is -0.344 e. The minimum atomic E-state index is -0.124. The van der Waals surface area contributed by atoms with Gasteiger partial charge < -0.3 is 10.7 Å². The van der Waals surface area contributed by atoms with Crippen molar-refractivity contribution in [2.75, 3.05) is 25.2 Å². The van der Waals surface area contributed by atoms with Crippen LogP contribution in [-0.4, -0.2) is 45.0 Å². The number of nitrogens with zero attached hydrogens (tertiary/aromatic N) is 5. The largest absolute Gasteiger partial charge is 0.344 e. The average molecular weight is 385 g/mol. The minimum absolute atomic E-state index is 0.124. The van der Waals surface area contributed by atoms with E-state index < -0.39 is 0 Å². The summed E-state index contributed by atoms with van der Waals surface area (Å²) in [4.78, 5) is 13.5. The fourth-order valence-electron chi connectivity index (χ4n) is 1.81. The van der Waals surface area contributed by atoms with Crippen LogP contribution in [0.1, 0.15) is 6.42 Å². The lowest BCUT2D eigenvalue weighted by atomic mass is 10.2. The Morgan fingerprint density at radius 1 is 1.46 bits per heavy atom. The molecule has 0 saturated heterocycles. The third kappa shape index (κ3) is 4.32. The Morgan fingerprint density at radius 3 is 2.92 bits per heavy atom. The van der Waals surface area contributed by atoms with Crippen LogP contribution in [0.5, 0.6) is 0 Å². The fourth-order valence-corrected chi connectivity index (χ4v) is 2.98. The van der Waals surface area contributed by atoms with Gasteiger partial charge in [0.15, 0.2) is 5.82 Å². The van der Waals surface area contributed by atoms with E-state index in [-0.39, 0.29) is 18.1 Å². The summed E-state index contributed by atoms with van der Waals surface area (Å²) >= 11 is 13.3. The Kier molecular flexibility index (Phi) is 6.31. The molecule has 10 heteroatoms. The Morgan fingerprint density at radius 2 is 2.21 bits per heavy atom. The van der Waals surface area contributed by atoms with Crippen LogP contribution in [0, 0.1) is 11.3 Å². The number of hydrogen-bond acceptors (Lipinski definition) is 6. The first-order valence-electron chi connectivity index (χ1n) is 6.83. The normalized spacial score (nSPS) is 10.4. The van der Waals surface area contributed by atoms with Crippen molar-refractivity contribution in [3.63, 3.8) is 0 Å². The van der Waals surface area contributed by atoms with Crippen molar-refractivity contribution < 1.29 is 4.79 Å². The van der Waals surface area contributed by atoms with E-state index >= 15 is 0 Å². The highest BCUT2D eigenvalue weighted by Crippen LogP contribution is 2.30. The number of nitrogen functional groups attached to an aromatic ring is 1. The average Bonchev–Trinajstić information content (AvgIpc) is 2.93. The van der Waals surface area contributed by atoms with Gasteiger partial charge in [0.25, 0.3) is 0 Å². The summed E-state index contributed by atoms with van der Waals surface area (Å²) in [7, 11) is 1.64. The molecule has 0 saturated carbocycles. The zero-order valence-corrected chi connectivity index (χ0v) is 15.1. The molecule has 0 radical (unpaired) electrons. The number of amides is 1. The van der Waals surface area contributed by atoms with Crippen molar-refractivity contribution in [3.8, 4) is 17.5 Å². The summed E-state index contributed by atoms with van der Waals surface area (Å²) in [5, 5.41) is 17.9. The Hall–Kier alpha value is -1.95. The molecule has 24 heavy (non-hydrogen) atoms. The smallest absolute Gasteiger partial charge is 0.232 e. The fraction of sp³-hybridized carbons (Fsp3) is 0.286. The Bertz CT molecular complexity index is 788. The first kappa shape index (κ1) is 18.4. The number of carbonyl (C=O) groups excluding carboxylic acids is 1. The van der Waals surface area contributed by atoms with Crippen molar-refractivity contribution >= 4 is 40.9 Å². The van der Waals surface area contributed by atoms with Crippen LogP contribution in [0.3, 0.4) is 0 Å². The van der Waals surface area contributed by atoms with E-state index in [2.05, 4.69) is 10.2 Å². The molecule has 1 heterocycles. The number of nitriles is 1. The first-order chi connectivity index (χ1) is 11.4. The van der Waals surface area contributed by atoms with Gasteiger partial charge in [-0.2, -0.15) is 5.26 Å². The maximum absolute atomic E-state index is 12.0. The van der Waals surface area contributed by atoms with E-state index in [1.165, 1.54) is 9.58 Å². The molecule has 2 aromatic rings. The number of rotatable bonds is 6. The van der Waals surface area contributed by atoms with E-state index in [0.29, 0.717) is 33.1 Å². The summed E-state index contributed by atoms with van der Waals surface area (Å²) in [5.41, 5.74) is 0.559. The van der Waals surface area contributed by atoms with Gasteiger partial charge in [-0.3, -0.25) is 4.79 Å².